The van der Waals surface area contributed by atoms with Gasteiger partial charge in [0.1, 0.15) is 0 Å². The molecule has 0 aromatic heterocycles. The minimum atomic E-state index is -0.443. The maximum Gasteiger partial charge on any atom is 0.339 e. The van der Waals surface area contributed by atoms with Crippen molar-refractivity contribution in [1.82, 2.24) is 0 Å². The maximum absolute atomic E-state index is 12.4. The Kier molecular flexibility index (Phi) is 19.3. The van der Waals surface area contributed by atoms with E-state index in [0.29, 0.717) is 24.3 Å². The standard InChI is InChI=1S/C26H42O4.ClH/c1-3-5-7-9-10-11-12-14-18-22-30-26(28)24-20-16-15-19-23(24)25(27)29-21-17-13-8-6-4-2;/h15-16,19-20H,3-14,17-18,21-22H2,1-2H3;1H. The number of esters is 2. The monoisotopic (exact) mass is 454 g/mol. The molecular formula is C26H43ClO4. The average Bonchev–Trinajstić information content (AvgIpc) is 2.77. The van der Waals surface area contributed by atoms with Gasteiger partial charge in [-0.2, -0.15) is 0 Å². The lowest BCUT2D eigenvalue weighted by molar-refractivity contribution is 0.0450. The Morgan fingerprint density at radius 1 is 0.581 bits per heavy atom. The van der Waals surface area contributed by atoms with Gasteiger partial charge in [0.15, 0.2) is 0 Å². The van der Waals surface area contributed by atoms with Crippen molar-refractivity contribution in [2.45, 2.75) is 104 Å². The summed E-state index contributed by atoms with van der Waals surface area (Å²) >= 11 is 0. The largest absolute Gasteiger partial charge is 0.462 e. The molecular weight excluding hydrogens is 412 g/mol. The van der Waals surface area contributed by atoms with E-state index in [0.717, 1.165) is 32.1 Å². The van der Waals surface area contributed by atoms with Gasteiger partial charge in [-0.15, -0.1) is 12.4 Å². The Balaban J connectivity index is 0.00000900. The summed E-state index contributed by atoms with van der Waals surface area (Å²) in [5.74, 6) is -0.883. The molecule has 0 spiro atoms. The summed E-state index contributed by atoms with van der Waals surface area (Å²) in [6.45, 7) is 5.20. The van der Waals surface area contributed by atoms with Crippen LogP contribution in [0.25, 0.3) is 0 Å². The van der Waals surface area contributed by atoms with Crippen LogP contribution in [0.15, 0.2) is 24.3 Å². The lowest BCUT2D eigenvalue weighted by Crippen LogP contribution is -2.15. The van der Waals surface area contributed by atoms with Crippen molar-refractivity contribution in [2.24, 2.45) is 0 Å². The van der Waals surface area contributed by atoms with Gasteiger partial charge < -0.3 is 9.47 Å². The van der Waals surface area contributed by atoms with Gasteiger partial charge in [-0.25, -0.2) is 9.59 Å². The summed E-state index contributed by atoms with van der Waals surface area (Å²) in [7, 11) is 0. The first-order valence-electron chi connectivity index (χ1n) is 12.1. The van der Waals surface area contributed by atoms with Crippen molar-refractivity contribution in [3.63, 3.8) is 0 Å². The second kappa shape index (κ2) is 20.4. The highest BCUT2D eigenvalue weighted by molar-refractivity contribution is 6.03. The predicted octanol–water partition coefficient (Wildman–Crippen LogP) is 7.92. The van der Waals surface area contributed by atoms with Crippen molar-refractivity contribution in [3.8, 4) is 0 Å². The summed E-state index contributed by atoms with van der Waals surface area (Å²) in [4.78, 5) is 24.8. The minimum Gasteiger partial charge on any atom is -0.462 e. The molecule has 1 aromatic rings. The fraction of sp³-hybridized carbons (Fsp3) is 0.692. The van der Waals surface area contributed by atoms with E-state index >= 15 is 0 Å². The van der Waals surface area contributed by atoms with Crippen LogP contribution >= 0.6 is 12.4 Å². The highest BCUT2D eigenvalue weighted by Crippen LogP contribution is 2.14. The van der Waals surface area contributed by atoms with Crippen LogP contribution < -0.4 is 0 Å². The SMILES string of the molecule is CCCCCCCCCCCOC(=O)c1ccccc1C(=O)OCCCCCCC.Cl. The number of ether oxygens (including phenoxy) is 2. The molecule has 0 unspecified atom stereocenters. The molecule has 0 bridgehead atoms. The maximum atomic E-state index is 12.4. The summed E-state index contributed by atoms with van der Waals surface area (Å²) in [5.41, 5.74) is 0.590. The Morgan fingerprint density at radius 3 is 1.26 bits per heavy atom. The van der Waals surface area contributed by atoms with Gasteiger partial charge in [-0.1, -0.05) is 103 Å². The van der Waals surface area contributed by atoms with E-state index in [1.54, 1.807) is 24.3 Å². The third kappa shape index (κ3) is 14.2. The molecule has 0 saturated carbocycles. The fourth-order valence-corrected chi connectivity index (χ4v) is 3.44. The van der Waals surface area contributed by atoms with Gasteiger partial charge in [0.2, 0.25) is 0 Å². The third-order valence-corrected chi connectivity index (χ3v) is 5.33. The smallest absolute Gasteiger partial charge is 0.339 e. The number of unbranched alkanes of at least 4 members (excludes halogenated alkanes) is 12. The summed E-state index contributed by atoms with van der Waals surface area (Å²) in [6, 6.07) is 6.76. The number of carbonyl (C=O) groups is 2. The van der Waals surface area contributed by atoms with Crippen molar-refractivity contribution in [2.75, 3.05) is 13.2 Å². The van der Waals surface area contributed by atoms with Crippen LogP contribution in [0.3, 0.4) is 0 Å². The summed E-state index contributed by atoms with van der Waals surface area (Å²) in [6.07, 6.45) is 16.4. The predicted molar refractivity (Wildman–Crippen MR) is 130 cm³/mol. The molecule has 0 saturated heterocycles. The molecule has 31 heavy (non-hydrogen) atoms. The van der Waals surface area contributed by atoms with Gasteiger partial charge >= 0.3 is 11.9 Å². The van der Waals surface area contributed by atoms with Crippen LogP contribution in [0.5, 0.6) is 0 Å². The normalized spacial score (nSPS) is 10.4. The van der Waals surface area contributed by atoms with E-state index in [9.17, 15) is 9.59 Å². The second-order valence-electron chi connectivity index (χ2n) is 8.06. The Morgan fingerprint density at radius 2 is 0.903 bits per heavy atom. The summed E-state index contributed by atoms with van der Waals surface area (Å²) in [5, 5.41) is 0. The third-order valence-electron chi connectivity index (χ3n) is 5.33. The van der Waals surface area contributed by atoms with Crippen LogP contribution in [0.1, 0.15) is 124 Å². The van der Waals surface area contributed by atoms with Crippen molar-refractivity contribution >= 4 is 24.3 Å². The van der Waals surface area contributed by atoms with Crippen molar-refractivity contribution < 1.29 is 19.1 Å². The lowest BCUT2D eigenvalue weighted by Gasteiger charge is -2.10. The zero-order chi connectivity index (χ0) is 21.9. The molecule has 178 valence electrons. The van der Waals surface area contributed by atoms with Crippen LogP contribution in [-0.4, -0.2) is 25.2 Å². The molecule has 4 nitrogen and oxygen atoms in total. The Bertz CT molecular complexity index is 589. The van der Waals surface area contributed by atoms with E-state index in [1.165, 1.54) is 57.8 Å². The second-order valence-corrected chi connectivity index (χ2v) is 8.06. The van der Waals surface area contributed by atoms with E-state index in [4.69, 9.17) is 9.47 Å². The van der Waals surface area contributed by atoms with Gasteiger partial charge in [-0.3, -0.25) is 0 Å². The van der Waals surface area contributed by atoms with Gasteiger partial charge in [-0.05, 0) is 25.0 Å². The molecule has 0 N–H and O–H groups in total. The zero-order valence-corrected chi connectivity index (χ0v) is 20.5. The van der Waals surface area contributed by atoms with E-state index in [1.807, 2.05) is 0 Å². The van der Waals surface area contributed by atoms with Crippen LogP contribution in [0.4, 0.5) is 0 Å². The molecule has 1 rings (SSSR count). The molecule has 0 atom stereocenters. The van der Waals surface area contributed by atoms with Crippen molar-refractivity contribution in [1.29, 1.82) is 0 Å². The first kappa shape index (κ1) is 29.5. The molecule has 0 aliphatic rings. The van der Waals surface area contributed by atoms with E-state index < -0.39 is 11.9 Å². The van der Waals surface area contributed by atoms with Gasteiger partial charge in [0, 0.05) is 0 Å². The van der Waals surface area contributed by atoms with E-state index in [2.05, 4.69) is 13.8 Å². The Labute approximate surface area is 195 Å². The number of carbonyl (C=O) groups excluding carboxylic acids is 2. The molecule has 5 heteroatoms. The lowest BCUT2D eigenvalue weighted by atomic mass is 10.1. The van der Waals surface area contributed by atoms with Crippen LogP contribution in [0.2, 0.25) is 0 Å². The van der Waals surface area contributed by atoms with E-state index in [-0.39, 0.29) is 12.4 Å². The topological polar surface area (TPSA) is 52.6 Å². The van der Waals surface area contributed by atoms with Crippen LogP contribution in [-0.2, 0) is 9.47 Å². The molecule has 0 aliphatic carbocycles. The number of hydrogen-bond acceptors (Lipinski definition) is 4. The first-order valence-corrected chi connectivity index (χ1v) is 12.1. The highest BCUT2D eigenvalue weighted by Gasteiger charge is 2.18. The number of halogens is 1. The van der Waals surface area contributed by atoms with Gasteiger partial charge in [0.25, 0.3) is 0 Å². The highest BCUT2D eigenvalue weighted by atomic mass is 35.5. The number of rotatable bonds is 18. The molecule has 0 aliphatic heterocycles. The summed E-state index contributed by atoms with van der Waals surface area (Å²) < 4.78 is 10.8. The average molecular weight is 455 g/mol. The Hall–Kier alpha value is -1.55. The van der Waals surface area contributed by atoms with Gasteiger partial charge in [0.05, 0.1) is 24.3 Å². The molecule has 1 aromatic carbocycles. The molecule has 0 amide bonds. The number of hydrogen-bond donors (Lipinski definition) is 0. The van der Waals surface area contributed by atoms with Crippen LogP contribution in [0, 0.1) is 0 Å². The zero-order valence-electron chi connectivity index (χ0n) is 19.7. The molecule has 0 fully saturated rings. The molecule has 0 heterocycles. The number of benzene rings is 1. The quantitative estimate of drug-likeness (QED) is 0.167. The molecule has 0 radical (unpaired) electrons. The first-order chi connectivity index (χ1) is 14.7. The fourth-order valence-electron chi connectivity index (χ4n) is 3.44. The minimum absolute atomic E-state index is 0. The van der Waals surface area contributed by atoms with Crippen molar-refractivity contribution in [3.05, 3.63) is 35.4 Å².